The number of aromatic nitrogens is 2. The summed E-state index contributed by atoms with van der Waals surface area (Å²) in [5.74, 6) is -0.0925. The molecular weight excluding hydrogens is 252 g/mol. The van der Waals surface area contributed by atoms with Gasteiger partial charge in [0.05, 0.1) is 5.52 Å². The number of nitrogens with zero attached hydrogens (tertiary/aromatic N) is 2. The van der Waals surface area contributed by atoms with Crippen molar-refractivity contribution in [1.29, 1.82) is 0 Å². The highest BCUT2D eigenvalue weighted by molar-refractivity contribution is 6.04. The Morgan fingerprint density at radius 3 is 2.90 bits per heavy atom. The Balaban J connectivity index is 1.76. The molecule has 106 valence electrons. The maximum absolute atomic E-state index is 12.3. The fourth-order valence-electron chi connectivity index (χ4n) is 2.73. The second kappa shape index (κ2) is 4.90. The summed E-state index contributed by atoms with van der Waals surface area (Å²) in [5.41, 5.74) is 7.35. The summed E-state index contributed by atoms with van der Waals surface area (Å²) in [6, 6.07) is 7.78. The smallest absolute Gasteiger partial charge is 0.272 e. The Morgan fingerprint density at radius 2 is 2.20 bits per heavy atom. The van der Waals surface area contributed by atoms with Crippen LogP contribution in [0.1, 0.15) is 29.8 Å². The van der Waals surface area contributed by atoms with Crippen LogP contribution in [-0.4, -0.2) is 28.8 Å². The molecule has 1 saturated carbocycles. The van der Waals surface area contributed by atoms with E-state index >= 15 is 0 Å². The molecule has 0 saturated heterocycles. The molecule has 1 aliphatic rings. The highest BCUT2D eigenvalue weighted by Crippen LogP contribution is 2.47. The largest absolute Gasteiger partial charge is 0.350 e. The number of carbonyl (C=O) groups is 1. The van der Waals surface area contributed by atoms with Crippen LogP contribution in [0.5, 0.6) is 0 Å². The molecule has 0 atom stereocenters. The van der Waals surface area contributed by atoms with Gasteiger partial charge in [-0.1, -0.05) is 18.2 Å². The van der Waals surface area contributed by atoms with E-state index in [-0.39, 0.29) is 11.3 Å². The molecule has 2 aromatic rings. The van der Waals surface area contributed by atoms with Crippen molar-refractivity contribution in [3.05, 3.63) is 30.0 Å². The van der Waals surface area contributed by atoms with Gasteiger partial charge in [-0.2, -0.15) is 5.10 Å². The van der Waals surface area contributed by atoms with Crippen molar-refractivity contribution < 1.29 is 4.79 Å². The van der Waals surface area contributed by atoms with Crippen LogP contribution in [0.25, 0.3) is 10.9 Å². The van der Waals surface area contributed by atoms with E-state index < -0.39 is 0 Å². The number of carbonyl (C=O) groups excluding carboxylic acids is 1. The number of rotatable bonds is 5. The molecular formula is C15H20N4O. The Hall–Kier alpha value is -1.88. The Morgan fingerprint density at radius 1 is 1.45 bits per heavy atom. The molecule has 1 aromatic carbocycles. The van der Waals surface area contributed by atoms with E-state index in [1.54, 1.807) is 4.68 Å². The van der Waals surface area contributed by atoms with Gasteiger partial charge >= 0.3 is 0 Å². The summed E-state index contributed by atoms with van der Waals surface area (Å²) in [7, 11) is 1.86. The third kappa shape index (κ3) is 2.29. The average molecular weight is 272 g/mol. The lowest BCUT2D eigenvalue weighted by molar-refractivity contribution is 0.0940. The first-order valence-electron chi connectivity index (χ1n) is 7.05. The summed E-state index contributed by atoms with van der Waals surface area (Å²) in [4.78, 5) is 12.3. The molecule has 5 nitrogen and oxygen atoms in total. The van der Waals surface area contributed by atoms with Crippen LogP contribution in [0.2, 0.25) is 0 Å². The number of para-hydroxylation sites is 1. The molecule has 1 aromatic heterocycles. The molecule has 3 rings (SSSR count). The van der Waals surface area contributed by atoms with E-state index in [9.17, 15) is 4.79 Å². The van der Waals surface area contributed by atoms with Crippen LogP contribution in [0.3, 0.4) is 0 Å². The molecule has 3 N–H and O–H groups in total. The molecule has 20 heavy (non-hydrogen) atoms. The van der Waals surface area contributed by atoms with Crippen molar-refractivity contribution >= 4 is 16.8 Å². The summed E-state index contributed by atoms with van der Waals surface area (Å²) in [6.45, 7) is 1.39. The predicted octanol–water partition coefficient (Wildman–Crippen LogP) is 1.43. The lowest BCUT2D eigenvalue weighted by Crippen LogP contribution is -2.31. The number of amides is 1. The van der Waals surface area contributed by atoms with E-state index in [0.717, 1.165) is 30.2 Å². The minimum absolute atomic E-state index is 0.0925. The van der Waals surface area contributed by atoms with E-state index in [1.807, 2.05) is 31.3 Å². The number of aryl methyl sites for hydroxylation is 1. The summed E-state index contributed by atoms with van der Waals surface area (Å²) < 4.78 is 1.75. The summed E-state index contributed by atoms with van der Waals surface area (Å²) in [5, 5.41) is 8.26. The molecule has 0 unspecified atom stereocenters. The molecule has 0 radical (unpaired) electrons. The van der Waals surface area contributed by atoms with Crippen LogP contribution in [0.4, 0.5) is 0 Å². The van der Waals surface area contributed by atoms with Crippen molar-refractivity contribution in [1.82, 2.24) is 15.1 Å². The number of nitrogens with two attached hydrogens (primary N) is 1. The second-order valence-corrected chi connectivity index (χ2v) is 5.71. The summed E-state index contributed by atoms with van der Waals surface area (Å²) in [6.07, 6.45) is 3.30. The van der Waals surface area contributed by atoms with Gasteiger partial charge in [0, 0.05) is 19.0 Å². The number of nitrogens with one attached hydrogen (secondary N) is 1. The van der Waals surface area contributed by atoms with Crippen LogP contribution < -0.4 is 11.1 Å². The fourth-order valence-corrected chi connectivity index (χ4v) is 2.73. The molecule has 1 amide bonds. The second-order valence-electron chi connectivity index (χ2n) is 5.71. The third-order valence-corrected chi connectivity index (χ3v) is 4.23. The predicted molar refractivity (Wildman–Crippen MR) is 78.4 cm³/mol. The zero-order valence-electron chi connectivity index (χ0n) is 11.7. The van der Waals surface area contributed by atoms with Crippen molar-refractivity contribution in [3.63, 3.8) is 0 Å². The van der Waals surface area contributed by atoms with Crippen LogP contribution >= 0.6 is 0 Å². The molecule has 0 bridgehead atoms. The third-order valence-electron chi connectivity index (χ3n) is 4.23. The Kier molecular flexibility index (Phi) is 3.22. The lowest BCUT2D eigenvalue weighted by Gasteiger charge is -2.14. The first-order valence-corrected chi connectivity index (χ1v) is 7.05. The minimum Gasteiger partial charge on any atom is -0.350 e. The van der Waals surface area contributed by atoms with E-state index in [1.165, 1.54) is 0 Å². The number of hydrogen-bond donors (Lipinski definition) is 2. The minimum atomic E-state index is -0.0925. The molecule has 0 aliphatic heterocycles. The topological polar surface area (TPSA) is 72.9 Å². The zero-order chi connectivity index (χ0) is 14.2. The van der Waals surface area contributed by atoms with E-state index in [2.05, 4.69) is 10.4 Å². The van der Waals surface area contributed by atoms with Gasteiger partial charge in [-0.05, 0) is 37.3 Å². The SMILES string of the molecule is Cn1nc(C(=O)NCC2(CCN)CC2)c2ccccc21. The Labute approximate surface area is 118 Å². The first-order chi connectivity index (χ1) is 9.65. The van der Waals surface area contributed by atoms with Crippen molar-refractivity contribution in [2.24, 2.45) is 18.2 Å². The highest BCUT2D eigenvalue weighted by atomic mass is 16.1. The first kappa shape index (κ1) is 13.1. The van der Waals surface area contributed by atoms with Gasteiger partial charge in [0.1, 0.15) is 0 Å². The maximum Gasteiger partial charge on any atom is 0.272 e. The van der Waals surface area contributed by atoms with Crippen LogP contribution in [0.15, 0.2) is 24.3 Å². The molecule has 1 fully saturated rings. The van der Waals surface area contributed by atoms with Gasteiger partial charge in [-0.15, -0.1) is 0 Å². The highest BCUT2D eigenvalue weighted by Gasteiger charge is 2.41. The molecule has 1 heterocycles. The molecule has 5 heteroatoms. The van der Waals surface area contributed by atoms with Crippen molar-refractivity contribution in [2.75, 3.05) is 13.1 Å². The number of hydrogen-bond acceptors (Lipinski definition) is 3. The number of fused-ring (bicyclic) bond motifs is 1. The van der Waals surface area contributed by atoms with Crippen molar-refractivity contribution in [3.8, 4) is 0 Å². The molecule has 0 spiro atoms. The zero-order valence-corrected chi connectivity index (χ0v) is 11.7. The monoisotopic (exact) mass is 272 g/mol. The van der Waals surface area contributed by atoms with Gasteiger partial charge in [-0.25, -0.2) is 0 Å². The van der Waals surface area contributed by atoms with E-state index in [4.69, 9.17) is 5.73 Å². The fraction of sp³-hybridized carbons (Fsp3) is 0.467. The summed E-state index contributed by atoms with van der Waals surface area (Å²) >= 11 is 0. The van der Waals surface area contributed by atoms with Gasteiger partial charge in [0.2, 0.25) is 0 Å². The van der Waals surface area contributed by atoms with Crippen LogP contribution in [-0.2, 0) is 7.05 Å². The lowest BCUT2D eigenvalue weighted by atomic mass is 10.0. The maximum atomic E-state index is 12.3. The Bertz CT molecular complexity index is 642. The quantitative estimate of drug-likeness (QED) is 0.865. The standard InChI is InChI=1S/C15H20N4O/c1-19-12-5-3-2-4-11(12)13(18-19)14(20)17-10-15(6-7-15)8-9-16/h2-5H,6-10,16H2,1H3,(H,17,20). The normalized spacial score (nSPS) is 16.3. The van der Waals surface area contributed by atoms with Gasteiger partial charge in [0.15, 0.2) is 5.69 Å². The average Bonchev–Trinajstić information content (AvgIpc) is 3.14. The van der Waals surface area contributed by atoms with Crippen LogP contribution in [0, 0.1) is 5.41 Å². The van der Waals surface area contributed by atoms with E-state index in [0.29, 0.717) is 18.8 Å². The van der Waals surface area contributed by atoms with Gasteiger partial charge in [-0.3, -0.25) is 9.48 Å². The van der Waals surface area contributed by atoms with Gasteiger partial charge < -0.3 is 11.1 Å². The molecule has 1 aliphatic carbocycles. The number of benzene rings is 1. The van der Waals surface area contributed by atoms with Gasteiger partial charge in [0.25, 0.3) is 5.91 Å². The van der Waals surface area contributed by atoms with Crippen molar-refractivity contribution in [2.45, 2.75) is 19.3 Å².